The van der Waals surface area contributed by atoms with Crippen LogP contribution in [0.25, 0.3) is 0 Å². The van der Waals surface area contributed by atoms with Gasteiger partial charge in [0.05, 0.1) is 12.2 Å². The molecule has 1 N–H and O–H groups in total. The Morgan fingerprint density at radius 3 is 1.66 bits per heavy atom. The van der Waals surface area contributed by atoms with Crippen LogP contribution in [0.1, 0.15) is 124 Å². The van der Waals surface area contributed by atoms with Gasteiger partial charge in [0.1, 0.15) is 11.3 Å². The van der Waals surface area contributed by atoms with E-state index in [0.29, 0.717) is 12.2 Å². The van der Waals surface area contributed by atoms with Gasteiger partial charge in [-0.15, -0.1) is 0 Å². The summed E-state index contributed by atoms with van der Waals surface area (Å²) in [4.78, 5) is 23.1. The molecule has 0 aliphatic heterocycles. The minimum Gasteiger partial charge on any atom is -0.492 e. The molecule has 0 heterocycles. The number of hydrogen-bond donors (Lipinski definition) is 1. The Hall–Kier alpha value is -1.84. The summed E-state index contributed by atoms with van der Waals surface area (Å²) in [7, 11) is 0. The minimum atomic E-state index is -1.07. The van der Waals surface area contributed by atoms with E-state index in [9.17, 15) is 14.7 Å². The van der Waals surface area contributed by atoms with E-state index in [0.717, 1.165) is 12.8 Å². The number of carbonyl (C=O) groups is 2. The van der Waals surface area contributed by atoms with Gasteiger partial charge in [-0.25, -0.2) is 4.79 Å². The Morgan fingerprint density at radius 2 is 1.21 bits per heavy atom. The molecule has 1 aromatic carbocycles. The second kappa shape index (κ2) is 16.0. The number of para-hydroxylation sites is 1. The Bertz CT molecular complexity index is 562. The summed E-state index contributed by atoms with van der Waals surface area (Å²) in [5.74, 6) is -1.03. The largest absolute Gasteiger partial charge is 0.492 e. The zero-order valence-electron chi connectivity index (χ0n) is 18.5. The van der Waals surface area contributed by atoms with Crippen molar-refractivity contribution in [2.75, 3.05) is 6.61 Å². The molecule has 0 amide bonds. The Labute approximate surface area is 177 Å². The summed E-state index contributed by atoms with van der Waals surface area (Å²) in [6.45, 7) is 4.14. The summed E-state index contributed by atoms with van der Waals surface area (Å²) in [6.07, 6.45) is 18.0. The molecule has 4 heteroatoms. The molecule has 0 atom stereocenters. The standard InChI is InChI=1S/C25H40O4/c1-3-4-5-6-7-8-9-10-11-12-13-14-15-16-20-29-24-22(21(2)26)18-17-19-23(24)25(27)28/h17-19H,3-16,20H2,1-2H3,(H,27,28). The second-order valence-electron chi connectivity index (χ2n) is 7.99. The van der Waals surface area contributed by atoms with E-state index < -0.39 is 5.97 Å². The maximum absolute atomic E-state index is 11.7. The summed E-state index contributed by atoms with van der Waals surface area (Å²) < 4.78 is 5.70. The highest BCUT2D eigenvalue weighted by Crippen LogP contribution is 2.25. The number of rotatable bonds is 18. The van der Waals surface area contributed by atoms with Gasteiger partial charge in [-0.2, -0.15) is 0 Å². The Balaban J connectivity index is 2.08. The molecule has 0 aliphatic rings. The highest BCUT2D eigenvalue weighted by atomic mass is 16.5. The fourth-order valence-electron chi connectivity index (χ4n) is 3.61. The number of unbranched alkanes of at least 4 members (excludes halogenated alkanes) is 13. The maximum Gasteiger partial charge on any atom is 0.339 e. The lowest BCUT2D eigenvalue weighted by atomic mass is 10.0. The molecule has 0 aliphatic carbocycles. The number of hydrogen-bond acceptors (Lipinski definition) is 3. The van der Waals surface area contributed by atoms with Gasteiger partial charge in [0.25, 0.3) is 0 Å². The van der Waals surface area contributed by atoms with Crippen molar-refractivity contribution >= 4 is 11.8 Å². The van der Waals surface area contributed by atoms with Crippen molar-refractivity contribution in [2.24, 2.45) is 0 Å². The highest BCUT2D eigenvalue weighted by molar-refractivity contribution is 6.01. The van der Waals surface area contributed by atoms with Crippen molar-refractivity contribution in [2.45, 2.75) is 104 Å². The first-order valence-electron chi connectivity index (χ1n) is 11.6. The molecule has 0 saturated carbocycles. The molecule has 4 nitrogen and oxygen atoms in total. The van der Waals surface area contributed by atoms with Crippen LogP contribution in [0.3, 0.4) is 0 Å². The lowest BCUT2D eigenvalue weighted by molar-refractivity contribution is 0.0692. The molecular weight excluding hydrogens is 364 g/mol. The SMILES string of the molecule is CCCCCCCCCCCCCCCCOc1c(C(C)=O)cccc1C(=O)O. The smallest absolute Gasteiger partial charge is 0.339 e. The van der Waals surface area contributed by atoms with Crippen molar-refractivity contribution < 1.29 is 19.4 Å². The normalized spacial score (nSPS) is 10.8. The topological polar surface area (TPSA) is 63.6 Å². The predicted octanol–water partition coefficient (Wildman–Crippen LogP) is 7.45. The first-order chi connectivity index (χ1) is 14.1. The van der Waals surface area contributed by atoms with E-state index in [1.165, 1.54) is 90.0 Å². The molecular formula is C25H40O4. The number of aromatic carboxylic acids is 1. The van der Waals surface area contributed by atoms with Gasteiger partial charge >= 0.3 is 5.97 Å². The number of ketones is 1. The predicted molar refractivity (Wildman–Crippen MR) is 119 cm³/mol. The van der Waals surface area contributed by atoms with Crippen molar-refractivity contribution in [1.82, 2.24) is 0 Å². The van der Waals surface area contributed by atoms with Gasteiger partial charge < -0.3 is 9.84 Å². The first-order valence-corrected chi connectivity index (χ1v) is 11.6. The second-order valence-corrected chi connectivity index (χ2v) is 7.99. The molecule has 0 saturated heterocycles. The van der Waals surface area contributed by atoms with Crippen LogP contribution in [-0.4, -0.2) is 23.5 Å². The minimum absolute atomic E-state index is 0.0584. The first kappa shape index (κ1) is 25.2. The number of benzene rings is 1. The van der Waals surface area contributed by atoms with Crippen molar-refractivity contribution in [3.05, 3.63) is 29.3 Å². The van der Waals surface area contributed by atoms with Crippen LogP contribution in [0, 0.1) is 0 Å². The van der Waals surface area contributed by atoms with Gasteiger partial charge in [0, 0.05) is 0 Å². The zero-order valence-corrected chi connectivity index (χ0v) is 18.5. The Kier molecular flexibility index (Phi) is 13.9. The van der Waals surface area contributed by atoms with E-state index in [-0.39, 0.29) is 17.1 Å². The average Bonchev–Trinajstić information content (AvgIpc) is 2.70. The lowest BCUT2D eigenvalue weighted by Gasteiger charge is -2.12. The fraction of sp³-hybridized carbons (Fsp3) is 0.680. The van der Waals surface area contributed by atoms with Crippen LogP contribution in [0.2, 0.25) is 0 Å². The lowest BCUT2D eigenvalue weighted by Crippen LogP contribution is -2.09. The van der Waals surface area contributed by atoms with E-state index >= 15 is 0 Å². The highest BCUT2D eigenvalue weighted by Gasteiger charge is 2.17. The molecule has 1 aromatic rings. The number of carbonyl (C=O) groups excluding carboxylic acids is 1. The van der Waals surface area contributed by atoms with E-state index in [1.54, 1.807) is 12.1 Å². The monoisotopic (exact) mass is 404 g/mol. The molecule has 29 heavy (non-hydrogen) atoms. The summed E-state index contributed by atoms with van der Waals surface area (Å²) in [5.41, 5.74) is 0.401. The maximum atomic E-state index is 11.7. The van der Waals surface area contributed by atoms with Crippen molar-refractivity contribution in [3.8, 4) is 5.75 Å². The third kappa shape index (κ3) is 11.1. The molecule has 0 unspecified atom stereocenters. The molecule has 0 fully saturated rings. The van der Waals surface area contributed by atoms with Crippen LogP contribution >= 0.6 is 0 Å². The number of carboxylic acid groups (broad SMARTS) is 1. The van der Waals surface area contributed by atoms with Crippen LogP contribution in [-0.2, 0) is 0 Å². The number of ether oxygens (including phenoxy) is 1. The quantitative estimate of drug-likeness (QED) is 0.204. The third-order valence-electron chi connectivity index (χ3n) is 5.37. The average molecular weight is 405 g/mol. The molecule has 1 rings (SSSR count). The summed E-state index contributed by atoms with van der Waals surface area (Å²) in [6, 6.07) is 4.68. The van der Waals surface area contributed by atoms with Crippen molar-refractivity contribution in [3.63, 3.8) is 0 Å². The molecule has 0 bridgehead atoms. The van der Waals surface area contributed by atoms with Gasteiger partial charge in [-0.3, -0.25) is 4.79 Å². The molecule has 0 radical (unpaired) electrons. The van der Waals surface area contributed by atoms with Crippen LogP contribution in [0.15, 0.2) is 18.2 Å². The molecule has 164 valence electrons. The fourth-order valence-corrected chi connectivity index (χ4v) is 3.61. The van der Waals surface area contributed by atoms with Gasteiger partial charge in [-0.05, 0) is 25.5 Å². The van der Waals surface area contributed by atoms with Gasteiger partial charge in [0.15, 0.2) is 5.78 Å². The Morgan fingerprint density at radius 1 is 0.759 bits per heavy atom. The van der Waals surface area contributed by atoms with Crippen LogP contribution in [0.5, 0.6) is 5.75 Å². The number of carboxylic acids is 1. The zero-order chi connectivity index (χ0) is 21.3. The van der Waals surface area contributed by atoms with Gasteiger partial charge in [0.2, 0.25) is 0 Å². The third-order valence-corrected chi connectivity index (χ3v) is 5.37. The van der Waals surface area contributed by atoms with E-state index in [1.807, 2.05) is 0 Å². The van der Waals surface area contributed by atoms with Crippen LogP contribution < -0.4 is 4.74 Å². The van der Waals surface area contributed by atoms with Gasteiger partial charge in [-0.1, -0.05) is 96.5 Å². The van der Waals surface area contributed by atoms with E-state index in [4.69, 9.17) is 4.74 Å². The molecule has 0 spiro atoms. The van der Waals surface area contributed by atoms with E-state index in [2.05, 4.69) is 6.92 Å². The summed E-state index contributed by atoms with van der Waals surface area (Å²) >= 11 is 0. The molecule has 0 aromatic heterocycles. The summed E-state index contributed by atoms with van der Waals surface area (Å²) in [5, 5.41) is 9.31. The van der Waals surface area contributed by atoms with Crippen molar-refractivity contribution in [1.29, 1.82) is 0 Å². The number of Topliss-reactive ketones (excluding diaryl/α,β-unsaturated/α-hetero) is 1. The van der Waals surface area contributed by atoms with Crippen LogP contribution in [0.4, 0.5) is 0 Å².